The summed E-state index contributed by atoms with van der Waals surface area (Å²) in [4.78, 5) is 7.06. The molecule has 2 heterocycles. The van der Waals surface area contributed by atoms with E-state index in [4.69, 9.17) is 23.2 Å². The molecule has 7 heteroatoms. The predicted octanol–water partition coefficient (Wildman–Crippen LogP) is 8.78. The average molecular weight is 577 g/mol. The molecule has 0 fully saturated rings. The van der Waals surface area contributed by atoms with Gasteiger partial charge >= 0.3 is 0 Å². The lowest BCUT2D eigenvalue weighted by Crippen LogP contribution is -2.39. The number of rotatable bonds is 7. The molecule has 204 valence electrons. The number of hydrogen-bond donors (Lipinski definition) is 0. The molecule has 40 heavy (non-hydrogen) atoms. The number of hydrogen-bond acceptors (Lipinski definition) is 3. The van der Waals surface area contributed by atoms with Gasteiger partial charge in [-0.2, -0.15) is 5.26 Å². The molecule has 1 unspecified atom stereocenters. The summed E-state index contributed by atoms with van der Waals surface area (Å²) in [6.07, 6.45) is 4.98. The number of nitrogens with zero attached hydrogens (tertiary/aromatic N) is 3. The summed E-state index contributed by atoms with van der Waals surface area (Å²) in [6, 6.07) is 21.5. The molecular weight excluding hydrogens is 547 g/mol. The minimum atomic E-state index is -1.65. The van der Waals surface area contributed by atoms with E-state index < -0.39 is 17.0 Å². The normalized spacial score (nSPS) is 19.6. The summed E-state index contributed by atoms with van der Waals surface area (Å²) >= 11 is 12.2. The first-order chi connectivity index (χ1) is 19.2. The second kappa shape index (κ2) is 11.3. The third-order valence-electron chi connectivity index (χ3n) is 7.95. The van der Waals surface area contributed by atoms with Crippen molar-refractivity contribution < 1.29 is 8.78 Å². The molecule has 3 aromatic rings. The Morgan fingerprint density at radius 1 is 1.05 bits per heavy atom. The predicted molar refractivity (Wildman–Crippen MR) is 158 cm³/mol. The van der Waals surface area contributed by atoms with Crippen LogP contribution in [0.4, 0.5) is 8.78 Å². The summed E-state index contributed by atoms with van der Waals surface area (Å²) in [5.74, 6) is -1.32. The molecule has 3 aromatic carbocycles. The fraction of sp³-hybridized carbons (Fsp3) is 0.273. The van der Waals surface area contributed by atoms with Crippen molar-refractivity contribution in [1.82, 2.24) is 4.90 Å². The lowest BCUT2D eigenvalue weighted by atomic mass is 9.65. The Morgan fingerprint density at radius 3 is 2.50 bits per heavy atom. The van der Waals surface area contributed by atoms with Gasteiger partial charge in [0.1, 0.15) is 11.6 Å². The maximum absolute atomic E-state index is 15.5. The van der Waals surface area contributed by atoms with Crippen LogP contribution in [0, 0.1) is 28.4 Å². The monoisotopic (exact) mass is 575 g/mol. The molecule has 0 radical (unpaired) electrons. The van der Waals surface area contributed by atoms with E-state index in [1.807, 2.05) is 6.07 Å². The maximum Gasteiger partial charge on any atom is 0.150 e. The second-order valence-electron chi connectivity index (χ2n) is 11.0. The van der Waals surface area contributed by atoms with Crippen molar-refractivity contribution >= 4 is 34.5 Å². The molecule has 0 N–H and O–H groups in total. The fourth-order valence-electron chi connectivity index (χ4n) is 5.78. The summed E-state index contributed by atoms with van der Waals surface area (Å²) in [7, 11) is 0. The molecule has 0 amide bonds. The van der Waals surface area contributed by atoms with E-state index in [1.54, 1.807) is 12.1 Å². The molecule has 5 rings (SSSR count). The van der Waals surface area contributed by atoms with E-state index in [-0.39, 0.29) is 32.2 Å². The lowest BCUT2D eigenvalue weighted by molar-refractivity contribution is 0.268. The largest absolute Gasteiger partial charge is 0.295 e. The van der Waals surface area contributed by atoms with Gasteiger partial charge in [-0.1, -0.05) is 97.2 Å². The van der Waals surface area contributed by atoms with Gasteiger partial charge in [0, 0.05) is 53.3 Å². The summed E-state index contributed by atoms with van der Waals surface area (Å²) < 4.78 is 30.8. The number of halogens is 4. The highest BCUT2D eigenvalue weighted by Crippen LogP contribution is 2.49. The third-order valence-corrected chi connectivity index (χ3v) is 8.48. The third kappa shape index (κ3) is 5.24. The van der Waals surface area contributed by atoms with Gasteiger partial charge in [-0.15, -0.1) is 0 Å². The summed E-state index contributed by atoms with van der Waals surface area (Å²) in [5.41, 5.74) is 1.43. The molecular formula is C33H29Cl2F2N3. The molecule has 1 atom stereocenters. The molecule has 2 aliphatic rings. The Morgan fingerprint density at radius 2 is 1.82 bits per heavy atom. The van der Waals surface area contributed by atoms with Crippen molar-refractivity contribution in [2.75, 3.05) is 13.1 Å². The van der Waals surface area contributed by atoms with Crippen LogP contribution in [-0.4, -0.2) is 23.7 Å². The van der Waals surface area contributed by atoms with Gasteiger partial charge in [-0.3, -0.25) is 9.89 Å². The lowest BCUT2D eigenvalue weighted by Gasteiger charge is -2.37. The standard InChI is InChI=1S/C33H29Cl2F2N3/c1-32(2,23-13-15-40(16-14-23)20-22-7-4-3-5-8-22)18-30-33(21-38,26-12-11-24(34)17-29(26)36)27(19-39-30)25-9-6-10-28(35)31(25)37/h3-13,17,19H,14-16,18,20H2,1-2H3. The molecule has 3 nitrogen and oxygen atoms in total. The van der Waals surface area contributed by atoms with E-state index >= 15 is 8.78 Å². The summed E-state index contributed by atoms with van der Waals surface area (Å²) in [6.45, 7) is 6.83. The molecule has 0 aromatic heterocycles. The van der Waals surface area contributed by atoms with Crippen LogP contribution >= 0.6 is 23.2 Å². The van der Waals surface area contributed by atoms with Gasteiger partial charge in [0.2, 0.25) is 0 Å². The summed E-state index contributed by atoms with van der Waals surface area (Å²) in [5, 5.41) is 10.9. The zero-order valence-electron chi connectivity index (χ0n) is 22.4. The minimum absolute atomic E-state index is 0.0805. The van der Waals surface area contributed by atoms with Gasteiger partial charge in [-0.05, 0) is 42.0 Å². The molecule has 0 saturated heterocycles. The highest BCUT2D eigenvalue weighted by molar-refractivity contribution is 6.31. The second-order valence-corrected chi connectivity index (χ2v) is 11.8. The molecule has 0 spiro atoms. The smallest absolute Gasteiger partial charge is 0.150 e. The molecule has 0 saturated carbocycles. The van der Waals surface area contributed by atoms with Crippen LogP contribution in [-0.2, 0) is 12.0 Å². The van der Waals surface area contributed by atoms with E-state index in [2.05, 4.69) is 60.2 Å². The van der Waals surface area contributed by atoms with Gasteiger partial charge in [-0.25, -0.2) is 8.78 Å². The number of benzene rings is 3. The van der Waals surface area contributed by atoms with Crippen molar-refractivity contribution in [2.45, 2.75) is 38.6 Å². The van der Waals surface area contributed by atoms with Gasteiger partial charge in [0.25, 0.3) is 0 Å². The first-order valence-corrected chi connectivity index (χ1v) is 14.0. The van der Waals surface area contributed by atoms with E-state index in [0.717, 1.165) is 26.1 Å². The van der Waals surface area contributed by atoms with Gasteiger partial charge < -0.3 is 0 Å². The van der Waals surface area contributed by atoms with Crippen molar-refractivity contribution in [3.05, 3.63) is 123 Å². The number of aliphatic imine (C=N–C) groups is 1. The average Bonchev–Trinajstić information content (AvgIpc) is 3.28. The van der Waals surface area contributed by atoms with Crippen LogP contribution in [0.15, 0.2) is 89.6 Å². The Kier molecular flexibility index (Phi) is 7.97. The first kappa shape index (κ1) is 28.2. The molecule has 0 bridgehead atoms. The van der Waals surface area contributed by atoms with Crippen LogP contribution in [0.5, 0.6) is 0 Å². The minimum Gasteiger partial charge on any atom is -0.295 e. The van der Waals surface area contributed by atoms with Crippen LogP contribution in [0.25, 0.3) is 5.57 Å². The van der Waals surface area contributed by atoms with E-state index in [9.17, 15) is 5.26 Å². The van der Waals surface area contributed by atoms with E-state index in [0.29, 0.717) is 12.1 Å². The van der Waals surface area contributed by atoms with Gasteiger partial charge in [0.05, 0.1) is 11.1 Å². The van der Waals surface area contributed by atoms with Crippen LogP contribution < -0.4 is 0 Å². The fourth-order valence-corrected chi connectivity index (χ4v) is 6.11. The Balaban J connectivity index is 1.48. The zero-order chi connectivity index (χ0) is 28.5. The zero-order valence-corrected chi connectivity index (χ0v) is 23.9. The van der Waals surface area contributed by atoms with Crippen molar-refractivity contribution in [2.24, 2.45) is 10.4 Å². The van der Waals surface area contributed by atoms with Crippen molar-refractivity contribution in [1.29, 1.82) is 5.26 Å². The highest BCUT2D eigenvalue weighted by atomic mass is 35.5. The molecule has 2 aliphatic heterocycles. The van der Waals surface area contributed by atoms with Gasteiger partial charge in [0.15, 0.2) is 5.41 Å². The van der Waals surface area contributed by atoms with Crippen LogP contribution in [0.3, 0.4) is 0 Å². The highest BCUT2D eigenvalue weighted by Gasteiger charge is 2.49. The number of nitriles is 1. The maximum atomic E-state index is 15.5. The van der Waals surface area contributed by atoms with Crippen LogP contribution in [0.2, 0.25) is 10.0 Å². The topological polar surface area (TPSA) is 39.4 Å². The molecule has 0 aliphatic carbocycles. The number of allylic oxidation sites excluding steroid dienone is 1. The van der Waals surface area contributed by atoms with Crippen LogP contribution in [0.1, 0.15) is 43.4 Å². The Bertz CT molecular complexity index is 1570. The quantitative estimate of drug-likeness (QED) is 0.264. The van der Waals surface area contributed by atoms with Crippen molar-refractivity contribution in [3.8, 4) is 6.07 Å². The van der Waals surface area contributed by atoms with Crippen molar-refractivity contribution in [3.63, 3.8) is 0 Å². The Hall–Kier alpha value is -3.30. The first-order valence-electron chi connectivity index (χ1n) is 13.2. The Labute approximate surface area is 244 Å². The SMILES string of the molecule is CC(C)(CC1=NC=C(c2cccc(Cl)c2F)C1(C#N)c1ccc(Cl)cc1F)C1=CCN(Cc2ccccc2)CC1. The van der Waals surface area contributed by atoms with E-state index in [1.165, 1.54) is 41.6 Å².